The van der Waals surface area contributed by atoms with Crippen molar-refractivity contribution in [3.8, 4) is 28.6 Å². The third-order valence-electron chi connectivity index (χ3n) is 6.05. The molecular formula is C26H20FN5O3. The second-order valence-corrected chi connectivity index (χ2v) is 8.31. The number of halogens is 1. The SMILES string of the molecule is COc1ccc(-n2c([C@H]3CCC(=O)N3)nc3c(-c4ccc(C)nc4)cc(C#N)cc3c2=O)cc1F. The van der Waals surface area contributed by atoms with E-state index in [2.05, 4.69) is 16.4 Å². The normalized spacial score (nSPS) is 15.1. The molecular weight excluding hydrogens is 449 g/mol. The third kappa shape index (κ3) is 3.89. The molecule has 2 aromatic heterocycles. The van der Waals surface area contributed by atoms with Crippen LogP contribution in [-0.4, -0.2) is 27.6 Å². The Labute approximate surface area is 199 Å². The van der Waals surface area contributed by atoms with Crippen LogP contribution >= 0.6 is 0 Å². The molecule has 5 rings (SSSR count). The van der Waals surface area contributed by atoms with Crippen molar-refractivity contribution in [2.75, 3.05) is 7.11 Å². The standard InChI is InChI=1S/C26H20FN5O3/c1-14-3-4-16(13-29-14)18-9-15(12-28)10-19-24(18)31-25(21-6-8-23(33)30-21)32(26(19)34)17-5-7-22(35-2)20(27)11-17/h3-5,7,9-11,13,21H,6,8H2,1-2H3,(H,30,33)/t21-/m1/s1. The van der Waals surface area contributed by atoms with E-state index in [0.29, 0.717) is 23.1 Å². The molecule has 1 aliphatic heterocycles. The van der Waals surface area contributed by atoms with Gasteiger partial charge in [0.25, 0.3) is 5.56 Å². The zero-order valence-corrected chi connectivity index (χ0v) is 19.0. The highest BCUT2D eigenvalue weighted by Gasteiger charge is 2.29. The topological polar surface area (TPSA) is 110 Å². The number of ether oxygens (including phenoxy) is 1. The van der Waals surface area contributed by atoms with Gasteiger partial charge < -0.3 is 10.1 Å². The highest BCUT2D eigenvalue weighted by molar-refractivity contribution is 5.94. The Kier molecular flexibility index (Phi) is 5.49. The van der Waals surface area contributed by atoms with Crippen LogP contribution < -0.4 is 15.6 Å². The third-order valence-corrected chi connectivity index (χ3v) is 6.05. The number of aryl methyl sites for hydroxylation is 1. The van der Waals surface area contributed by atoms with E-state index in [1.807, 2.05) is 19.1 Å². The second kappa shape index (κ2) is 8.65. The summed E-state index contributed by atoms with van der Waals surface area (Å²) >= 11 is 0. The van der Waals surface area contributed by atoms with E-state index in [1.54, 1.807) is 18.3 Å². The molecule has 35 heavy (non-hydrogen) atoms. The first-order chi connectivity index (χ1) is 16.9. The lowest BCUT2D eigenvalue weighted by Gasteiger charge is -2.19. The lowest BCUT2D eigenvalue weighted by atomic mass is 10.00. The summed E-state index contributed by atoms with van der Waals surface area (Å²) in [5.41, 5.74) is 2.50. The number of benzene rings is 2. The Morgan fingerprint density at radius 2 is 2.03 bits per heavy atom. The van der Waals surface area contributed by atoms with Crippen LogP contribution in [0, 0.1) is 24.1 Å². The molecule has 0 unspecified atom stereocenters. The molecule has 1 aliphatic rings. The van der Waals surface area contributed by atoms with Gasteiger partial charge in [0.05, 0.1) is 41.4 Å². The van der Waals surface area contributed by atoms with Gasteiger partial charge in [-0.05, 0) is 43.7 Å². The minimum atomic E-state index is -0.643. The lowest BCUT2D eigenvalue weighted by Crippen LogP contribution is -2.30. The molecule has 2 aromatic carbocycles. The van der Waals surface area contributed by atoms with Crippen LogP contribution in [0.5, 0.6) is 5.75 Å². The molecule has 1 amide bonds. The van der Waals surface area contributed by atoms with E-state index in [1.165, 1.54) is 29.9 Å². The molecule has 1 atom stereocenters. The average molecular weight is 469 g/mol. The number of hydrogen-bond donors (Lipinski definition) is 1. The van der Waals surface area contributed by atoms with Gasteiger partial charge in [-0.25, -0.2) is 9.37 Å². The van der Waals surface area contributed by atoms with Crippen LogP contribution in [0.2, 0.25) is 0 Å². The van der Waals surface area contributed by atoms with Crippen molar-refractivity contribution >= 4 is 16.8 Å². The molecule has 0 spiro atoms. The number of carbonyl (C=O) groups excluding carboxylic acids is 1. The Hall–Kier alpha value is -4.58. The number of nitrogens with one attached hydrogen (secondary N) is 1. The summed E-state index contributed by atoms with van der Waals surface area (Å²) in [6, 6.07) is 12.5. The molecule has 0 radical (unpaired) electrons. The van der Waals surface area contributed by atoms with Crippen molar-refractivity contribution in [3.63, 3.8) is 0 Å². The lowest BCUT2D eigenvalue weighted by molar-refractivity contribution is -0.119. The number of nitriles is 1. The molecule has 3 heterocycles. The Morgan fingerprint density at radius 3 is 2.66 bits per heavy atom. The van der Waals surface area contributed by atoms with E-state index in [4.69, 9.17) is 9.72 Å². The minimum Gasteiger partial charge on any atom is -0.494 e. The largest absolute Gasteiger partial charge is 0.494 e. The minimum absolute atomic E-state index is 0.0344. The summed E-state index contributed by atoms with van der Waals surface area (Å²) in [4.78, 5) is 35.1. The van der Waals surface area contributed by atoms with Gasteiger partial charge in [-0.1, -0.05) is 6.07 Å². The number of nitrogens with zero attached hydrogens (tertiary/aromatic N) is 4. The van der Waals surface area contributed by atoms with E-state index in [0.717, 1.165) is 5.69 Å². The van der Waals surface area contributed by atoms with Crippen LogP contribution in [0.15, 0.2) is 53.5 Å². The molecule has 0 aliphatic carbocycles. The summed E-state index contributed by atoms with van der Waals surface area (Å²) in [5, 5.41) is 12.7. The number of hydrogen-bond acceptors (Lipinski definition) is 6. The molecule has 9 heteroatoms. The molecule has 8 nitrogen and oxygen atoms in total. The van der Waals surface area contributed by atoms with Crippen LogP contribution in [0.4, 0.5) is 4.39 Å². The summed E-state index contributed by atoms with van der Waals surface area (Å²) < 4.78 is 20.9. The summed E-state index contributed by atoms with van der Waals surface area (Å²) in [5.74, 6) is -0.480. The molecule has 0 bridgehead atoms. The van der Waals surface area contributed by atoms with Gasteiger partial charge in [-0.2, -0.15) is 5.26 Å². The zero-order valence-electron chi connectivity index (χ0n) is 19.0. The predicted molar refractivity (Wildman–Crippen MR) is 127 cm³/mol. The fourth-order valence-electron chi connectivity index (χ4n) is 4.30. The molecule has 1 N–H and O–H groups in total. The van der Waals surface area contributed by atoms with Gasteiger partial charge in [0.15, 0.2) is 11.6 Å². The zero-order chi connectivity index (χ0) is 24.7. The molecule has 1 fully saturated rings. The first-order valence-corrected chi connectivity index (χ1v) is 11.0. The molecule has 174 valence electrons. The van der Waals surface area contributed by atoms with E-state index in [-0.39, 0.29) is 40.5 Å². The molecule has 0 saturated carbocycles. The number of fused-ring (bicyclic) bond motifs is 1. The van der Waals surface area contributed by atoms with Gasteiger partial charge in [0.2, 0.25) is 5.91 Å². The molecule has 4 aromatic rings. The fraction of sp³-hybridized carbons (Fsp3) is 0.192. The summed E-state index contributed by atoms with van der Waals surface area (Å²) in [6.45, 7) is 1.86. The maximum absolute atomic E-state index is 14.6. The quantitative estimate of drug-likeness (QED) is 0.488. The number of pyridine rings is 1. The van der Waals surface area contributed by atoms with Crippen molar-refractivity contribution in [3.05, 3.63) is 81.9 Å². The first kappa shape index (κ1) is 22.2. The van der Waals surface area contributed by atoms with Crippen molar-refractivity contribution in [2.45, 2.75) is 25.8 Å². The van der Waals surface area contributed by atoms with E-state index < -0.39 is 17.4 Å². The van der Waals surface area contributed by atoms with Gasteiger partial charge in [-0.15, -0.1) is 0 Å². The Balaban J connectivity index is 1.86. The predicted octanol–water partition coefficient (Wildman–Crippen LogP) is 3.73. The van der Waals surface area contributed by atoms with Gasteiger partial charge in [-0.3, -0.25) is 19.1 Å². The van der Waals surface area contributed by atoms with Crippen LogP contribution in [0.1, 0.15) is 36.0 Å². The van der Waals surface area contributed by atoms with Crippen molar-refractivity contribution in [1.29, 1.82) is 5.26 Å². The Bertz CT molecular complexity index is 1590. The van der Waals surface area contributed by atoms with Gasteiger partial charge >= 0.3 is 0 Å². The number of methoxy groups -OCH3 is 1. The maximum atomic E-state index is 14.6. The number of rotatable bonds is 4. The number of carbonyl (C=O) groups is 1. The van der Waals surface area contributed by atoms with E-state index >= 15 is 0 Å². The fourth-order valence-corrected chi connectivity index (χ4v) is 4.30. The van der Waals surface area contributed by atoms with Gasteiger partial charge in [0.1, 0.15) is 5.82 Å². The monoisotopic (exact) mass is 469 g/mol. The van der Waals surface area contributed by atoms with Gasteiger partial charge in [0, 0.05) is 35.5 Å². The highest BCUT2D eigenvalue weighted by Crippen LogP contribution is 2.31. The first-order valence-electron chi connectivity index (χ1n) is 11.0. The second-order valence-electron chi connectivity index (χ2n) is 8.31. The maximum Gasteiger partial charge on any atom is 0.266 e. The van der Waals surface area contributed by atoms with Crippen LogP contribution in [0.25, 0.3) is 27.7 Å². The van der Waals surface area contributed by atoms with Crippen molar-refractivity contribution < 1.29 is 13.9 Å². The average Bonchev–Trinajstić information content (AvgIpc) is 3.30. The molecule has 1 saturated heterocycles. The number of aromatic nitrogens is 3. The highest BCUT2D eigenvalue weighted by atomic mass is 19.1. The number of amides is 1. The van der Waals surface area contributed by atoms with Crippen LogP contribution in [0.3, 0.4) is 0 Å². The smallest absolute Gasteiger partial charge is 0.266 e. The van der Waals surface area contributed by atoms with E-state index in [9.17, 15) is 19.2 Å². The van der Waals surface area contributed by atoms with Crippen LogP contribution in [-0.2, 0) is 4.79 Å². The van der Waals surface area contributed by atoms with Crippen molar-refractivity contribution in [1.82, 2.24) is 19.9 Å². The Morgan fingerprint density at radius 1 is 1.20 bits per heavy atom. The van der Waals surface area contributed by atoms with Crippen molar-refractivity contribution in [2.24, 2.45) is 0 Å². The summed E-state index contributed by atoms with van der Waals surface area (Å²) in [7, 11) is 1.35. The summed E-state index contributed by atoms with van der Waals surface area (Å²) in [6.07, 6.45) is 2.39.